The van der Waals surface area contributed by atoms with Crippen molar-refractivity contribution in [1.82, 2.24) is 0 Å². The van der Waals surface area contributed by atoms with Crippen molar-refractivity contribution < 1.29 is 16.8 Å². The molecule has 0 fully saturated rings. The molecule has 0 spiro atoms. The number of hydrogen-bond donors (Lipinski definition) is 0. The number of sulfone groups is 2. The van der Waals surface area contributed by atoms with Gasteiger partial charge in [-0.05, 0) is 17.7 Å². The minimum absolute atomic E-state index is 0.114. The summed E-state index contributed by atoms with van der Waals surface area (Å²) in [6.07, 6.45) is 4.05. The van der Waals surface area contributed by atoms with E-state index in [9.17, 15) is 16.8 Å². The molecule has 0 unspecified atom stereocenters. The van der Waals surface area contributed by atoms with Crippen molar-refractivity contribution in [1.29, 1.82) is 0 Å². The summed E-state index contributed by atoms with van der Waals surface area (Å²) in [4.78, 5) is 0.114. The second kappa shape index (κ2) is 3.94. The first-order valence-corrected chi connectivity index (χ1v) is 7.74. The molecule has 0 atom stereocenters. The third kappa shape index (κ3) is 4.01. The van der Waals surface area contributed by atoms with E-state index >= 15 is 0 Å². The minimum atomic E-state index is -3.38. The molecule has 0 saturated heterocycles. The molecule has 0 aliphatic heterocycles. The Morgan fingerprint density at radius 1 is 1.20 bits per heavy atom. The Bertz CT molecular complexity index is 556. The third-order valence-corrected chi connectivity index (χ3v) is 3.60. The summed E-state index contributed by atoms with van der Waals surface area (Å²) in [6, 6.07) is 5.83. The predicted octanol–water partition coefficient (Wildman–Crippen LogP) is 0.796. The Labute approximate surface area is 89.8 Å². The van der Waals surface area contributed by atoms with E-state index in [1.807, 2.05) is 0 Å². The van der Waals surface area contributed by atoms with E-state index in [0.717, 1.165) is 6.26 Å². The fourth-order valence-electron chi connectivity index (χ4n) is 1.12. The van der Waals surface area contributed by atoms with Crippen molar-refractivity contribution in [2.75, 3.05) is 6.26 Å². The van der Waals surface area contributed by atoms with E-state index in [4.69, 9.17) is 0 Å². The first-order chi connectivity index (χ1) is 6.68. The monoisotopic (exact) mass is 247 g/mol. The van der Waals surface area contributed by atoms with Gasteiger partial charge in [0.25, 0.3) is 0 Å². The zero-order valence-corrected chi connectivity index (χ0v) is 9.81. The third-order valence-electron chi connectivity index (χ3n) is 1.71. The van der Waals surface area contributed by atoms with Crippen LogP contribution >= 0.6 is 0 Å². The van der Waals surface area contributed by atoms with Crippen LogP contribution in [-0.4, -0.2) is 23.1 Å². The maximum absolute atomic E-state index is 11.2. The van der Waals surface area contributed by atoms with Gasteiger partial charge in [-0.2, -0.15) is 0 Å². The molecule has 0 aliphatic rings. The van der Waals surface area contributed by atoms with Gasteiger partial charge in [-0.1, -0.05) is 12.1 Å². The number of rotatable bonds is 3. The average Bonchev–Trinajstić information content (AvgIpc) is 1.99. The Morgan fingerprint density at radius 2 is 1.80 bits per heavy atom. The summed E-state index contributed by atoms with van der Waals surface area (Å²) in [7, 11) is -6.68. The van der Waals surface area contributed by atoms with Gasteiger partial charge >= 0.3 is 0 Å². The summed E-state index contributed by atoms with van der Waals surface area (Å²) in [6.45, 7) is 0. The summed E-state index contributed by atoms with van der Waals surface area (Å²) in [5.41, 5.74) is 0.424. The molecule has 1 rings (SSSR count). The Kier molecular flexibility index (Phi) is 3.20. The van der Waals surface area contributed by atoms with Crippen LogP contribution in [0.25, 0.3) is 0 Å². The Hall–Kier alpha value is -0.880. The van der Waals surface area contributed by atoms with Crippen molar-refractivity contribution in [3.05, 3.63) is 36.1 Å². The van der Waals surface area contributed by atoms with Crippen molar-refractivity contribution >= 4 is 19.7 Å². The SMILES string of the molecule is [CH2]S(=O)(=O)Cc1cccc(S(C)(=O)=O)c1. The highest BCUT2D eigenvalue weighted by Crippen LogP contribution is 2.13. The van der Waals surface area contributed by atoms with Gasteiger partial charge in [0.05, 0.1) is 16.9 Å². The molecule has 15 heavy (non-hydrogen) atoms. The molecular formula is C9H11O4S2. The molecule has 1 aromatic rings. The Balaban J connectivity index is 3.15. The summed E-state index contributed by atoms with van der Waals surface area (Å²) in [5.74, 6) is -0.254. The molecule has 0 aliphatic carbocycles. The van der Waals surface area contributed by atoms with Gasteiger partial charge in [-0.15, -0.1) is 0 Å². The number of benzene rings is 1. The van der Waals surface area contributed by atoms with Crippen LogP contribution in [0, 0.1) is 6.26 Å². The maximum atomic E-state index is 11.2. The van der Waals surface area contributed by atoms with Gasteiger partial charge in [-0.25, -0.2) is 16.8 Å². The van der Waals surface area contributed by atoms with Crippen molar-refractivity contribution in [3.63, 3.8) is 0 Å². The van der Waals surface area contributed by atoms with Gasteiger partial charge in [0.1, 0.15) is 0 Å². The minimum Gasteiger partial charge on any atom is -0.228 e. The van der Waals surface area contributed by atoms with E-state index in [0.29, 0.717) is 5.56 Å². The largest absolute Gasteiger partial charge is 0.228 e. The predicted molar refractivity (Wildman–Crippen MR) is 57.5 cm³/mol. The van der Waals surface area contributed by atoms with Crippen LogP contribution in [0.5, 0.6) is 0 Å². The summed E-state index contributed by atoms with van der Waals surface area (Å²) in [5, 5.41) is 0. The van der Waals surface area contributed by atoms with Crippen LogP contribution in [0.1, 0.15) is 5.56 Å². The zero-order chi connectivity index (χ0) is 11.7. The topological polar surface area (TPSA) is 68.3 Å². The van der Waals surface area contributed by atoms with E-state index < -0.39 is 19.7 Å². The van der Waals surface area contributed by atoms with Crippen molar-refractivity contribution in [2.45, 2.75) is 10.6 Å². The first kappa shape index (κ1) is 12.2. The standard InChI is InChI=1S/C9H11O4S2/c1-14(10,11)7-8-4-3-5-9(6-8)15(2,12)13/h3-6H,1,7H2,2H3. The summed E-state index contributed by atoms with van der Waals surface area (Å²) >= 11 is 0. The molecule has 1 radical (unpaired) electrons. The molecule has 0 heterocycles. The van der Waals surface area contributed by atoms with Crippen LogP contribution < -0.4 is 0 Å². The average molecular weight is 247 g/mol. The smallest absolute Gasteiger partial charge is 0.175 e. The fraction of sp³-hybridized carbons (Fsp3) is 0.222. The molecule has 83 valence electrons. The highest BCUT2D eigenvalue weighted by atomic mass is 32.2. The lowest BCUT2D eigenvalue weighted by molar-refractivity contribution is 0.599. The molecule has 0 bridgehead atoms. The second-order valence-corrected chi connectivity index (χ2v) is 7.10. The van der Waals surface area contributed by atoms with Crippen LogP contribution in [0.2, 0.25) is 0 Å². The lowest BCUT2D eigenvalue weighted by atomic mass is 10.2. The van der Waals surface area contributed by atoms with Gasteiger partial charge in [0.2, 0.25) is 0 Å². The lowest BCUT2D eigenvalue weighted by Gasteiger charge is -2.02. The number of hydrogen-bond acceptors (Lipinski definition) is 4. The van der Waals surface area contributed by atoms with Gasteiger partial charge in [-0.3, -0.25) is 0 Å². The molecule has 6 heteroatoms. The van der Waals surface area contributed by atoms with E-state index in [-0.39, 0.29) is 10.6 Å². The van der Waals surface area contributed by atoms with Gasteiger partial charge < -0.3 is 0 Å². The maximum Gasteiger partial charge on any atom is 0.175 e. The lowest BCUT2D eigenvalue weighted by Crippen LogP contribution is -2.01. The van der Waals surface area contributed by atoms with E-state index in [2.05, 4.69) is 6.26 Å². The molecule has 1 aromatic carbocycles. The van der Waals surface area contributed by atoms with Crippen LogP contribution in [0.3, 0.4) is 0 Å². The highest BCUT2D eigenvalue weighted by molar-refractivity contribution is 7.91. The molecular weight excluding hydrogens is 236 g/mol. The van der Waals surface area contributed by atoms with Crippen molar-refractivity contribution in [3.8, 4) is 0 Å². The van der Waals surface area contributed by atoms with Crippen LogP contribution in [0.15, 0.2) is 29.2 Å². The molecule has 4 nitrogen and oxygen atoms in total. The fourth-order valence-corrected chi connectivity index (χ4v) is 2.50. The highest BCUT2D eigenvalue weighted by Gasteiger charge is 2.10. The van der Waals surface area contributed by atoms with E-state index in [1.165, 1.54) is 18.2 Å². The Morgan fingerprint density at radius 3 is 2.27 bits per heavy atom. The quantitative estimate of drug-likeness (QED) is 0.792. The zero-order valence-electron chi connectivity index (χ0n) is 8.17. The van der Waals surface area contributed by atoms with Crippen LogP contribution in [0.4, 0.5) is 0 Å². The normalized spacial score (nSPS) is 12.7. The second-order valence-electron chi connectivity index (χ2n) is 3.31. The summed E-state index contributed by atoms with van der Waals surface area (Å²) < 4.78 is 44.2. The van der Waals surface area contributed by atoms with Gasteiger partial charge in [0, 0.05) is 6.26 Å². The molecule has 0 amide bonds. The molecule has 0 saturated carbocycles. The first-order valence-electron chi connectivity index (χ1n) is 4.03. The van der Waals surface area contributed by atoms with Gasteiger partial charge in [0.15, 0.2) is 19.7 Å². The van der Waals surface area contributed by atoms with E-state index in [1.54, 1.807) is 6.07 Å². The molecule has 0 aromatic heterocycles. The van der Waals surface area contributed by atoms with Crippen LogP contribution in [-0.2, 0) is 25.4 Å². The molecule has 0 N–H and O–H groups in total. The van der Waals surface area contributed by atoms with Crippen molar-refractivity contribution in [2.24, 2.45) is 0 Å².